The molecule has 0 aliphatic rings. The summed E-state index contributed by atoms with van der Waals surface area (Å²) in [6.07, 6.45) is 2.09. The van der Waals surface area contributed by atoms with Crippen molar-refractivity contribution in [1.29, 1.82) is 0 Å². The molecule has 0 aromatic carbocycles. The first-order valence-electron chi connectivity index (χ1n) is 4.88. The minimum atomic E-state index is 0.724. The van der Waals surface area contributed by atoms with Crippen molar-refractivity contribution >= 4 is 23.3 Å². The first-order chi connectivity index (χ1) is 6.63. The Balaban J connectivity index is 2.51. The van der Waals surface area contributed by atoms with E-state index in [1.54, 1.807) is 0 Å². The third kappa shape index (κ3) is 3.14. The van der Waals surface area contributed by atoms with E-state index < -0.39 is 0 Å². The fourth-order valence-corrected chi connectivity index (χ4v) is 1.93. The highest BCUT2D eigenvalue weighted by Gasteiger charge is 2.04. The van der Waals surface area contributed by atoms with E-state index in [-0.39, 0.29) is 0 Å². The third-order valence-corrected chi connectivity index (χ3v) is 3.05. The molecule has 1 rings (SSSR count). The van der Waals surface area contributed by atoms with Crippen molar-refractivity contribution in [3.8, 4) is 0 Å². The Morgan fingerprint density at radius 3 is 2.79 bits per heavy atom. The average Bonchev–Trinajstić information content (AvgIpc) is 2.62. The lowest BCUT2D eigenvalue weighted by Crippen LogP contribution is -2.19. The first-order valence-corrected chi connectivity index (χ1v) is 5.76. The quantitative estimate of drug-likeness (QED) is 0.698. The second kappa shape index (κ2) is 5.15. The van der Waals surface area contributed by atoms with E-state index >= 15 is 0 Å². The topological polar surface area (TPSA) is 20.3 Å². The minimum Gasteiger partial charge on any atom is -0.374 e. The summed E-state index contributed by atoms with van der Waals surface area (Å²) in [5.41, 5.74) is 1.15. The molecule has 1 heterocycles. The van der Waals surface area contributed by atoms with Crippen LogP contribution in [0.1, 0.15) is 29.9 Å². The van der Waals surface area contributed by atoms with Gasteiger partial charge in [0.15, 0.2) is 6.29 Å². The average molecular weight is 211 g/mol. The largest absolute Gasteiger partial charge is 0.374 e. The molecule has 0 spiro atoms. The summed E-state index contributed by atoms with van der Waals surface area (Å²) in [6, 6.07) is 1.94. The van der Waals surface area contributed by atoms with Gasteiger partial charge >= 0.3 is 0 Å². The molecule has 1 aromatic rings. The molecule has 0 saturated heterocycles. The Bertz CT molecular complexity index is 293. The molecule has 1 aromatic heterocycles. The van der Waals surface area contributed by atoms with E-state index in [1.807, 2.05) is 11.4 Å². The molecule has 2 nitrogen and oxygen atoms in total. The molecule has 0 saturated carbocycles. The van der Waals surface area contributed by atoms with Crippen molar-refractivity contribution in [2.24, 2.45) is 5.92 Å². The molecule has 0 aliphatic carbocycles. The Morgan fingerprint density at radius 2 is 2.29 bits per heavy atom. The van der Waals surface area contributed by atoms with Gasteiger partial charge < -0.3 is 4.90 Å². The maximum absolute atomic E-state index is 10.5. The van der Waals surface area contributed by atoms with Crippen LogP contribution in [0.25, 0.3) is 0 Å². The number of anilines is 1. The molecule has 0 amide bonds. The maximum Gasteiger partial charge on any atom is 0.160 e. The van der Waals surface area contributed by atoms with Crippen LogP contribution in [0.5, 0.6) is 0 Å². The van der Waals surface area contributed by atoms with Gasteiger partial charge in [-0.2, -0.15) is 0 Å². The van der Waals surface area contributed by atoms with Gasteiger partial charge in [-0.1, -0.05) is 13.8 Å². The molecule has 0 N–H and O–H groups in total. The third-order valence-electron chi connectivity index (χ3n) is 2.20. The van der Waals surface area contributed by atoms with Gasteiger partial charge in [-0.3, -0.25) is 4.79 Å². The van der Waals surface area contributed by atoms with Crippen LogP contribution in [0.4, 0.5) is 5.69 Å². The second-order valence-corrected chi connectivity index (χ2v) is 4.87. The lowest BCUT2D eigenvalue weighted by molar-refractivity contribution is 0.112. The molecule has 0 aliphatic heterocycles. The molecular formula is C11H17NOS. The van der Waals surface area contributed by atoms with Crippen LogP contribution in [-0.2, 0) is 0 Å². The lowest BCUT2D eigenvalue weighted by Gasteiger charge is -2.18. The molecule has 14 heavy (non-hydrogen) atoms. The highest BCUT2D eigenvalue weighted by atomic mass is 32.1. The van der Waals surface area contributed by atoms with Gasteiger partial charge in [0.2, 0.25) is 0 Å². The summed E-state index contributed by atoms with van der Waals surface area (Å²) in [7, 11) is 2.07. The van der Waals surface area contributed by atoms with Crippen molar-refractivity contribution in [3.05, 3.63) is 16.3 Å². The van der Waals surface area contributed by atoms with E-state index in [1.165, 1.54) is 17.8 Å². The summed E-state index contributed by atoms with van der Waals surface area (Å²) in [4.78, 5) is 13.5. The summed E-state index contributed by atoms with van der Waals surface area (Å²) in [5, 5.41) is 2.03. The summed E-state index contributed by atoms with van der Waals surface area (Å²) in [5.74, 6) is 0.724. The second-order valence-electron chi connectivity index (χ2n) is 3.93. The van der Waals surface area contributed by atoms with Gasteiger partial charge in [0.25, 0.3) is 0 Å². The van der Waals surface area contributed by atoms with Crippen LogP contribution in [0.15, 0.2) is 11.4 Å². The normalized spacial score (nSPS) is 10.6. The number of carbonyl (C=O) groups excluding carboxylic acids is 1. The van der Waals surface area contributed by atoms with Crippen LogP contribution in [0, 0.1) is 5.92 Å². The molecule has 0 fully saturated rings. The summed E-state index contributed by atoms with van der Waals surface area (Å²) < 4.78 is 0. The molecule has 0 unspecified atom stereocenters. The standard InChI is InChI=1S/C11H17NOS/c1-9(2)4-5-12(3)10-6-11(7-13)14-8-10/h6-9H,4-5H2,1-3H3. The Kier molecular flexibility index (Phi) is 4.14. The van der Waals surface area contributed by atoms with Gasteiger partial charge in [0, 0.05) is 24.7 Å². The SMILES string of the molecule is CC(C)CCN(C)c1csc(C=O)c1. The highest BCUT2D eigenvalue weighted by Crippen LogP contribution is 2.21. The zero-order chi connectivity index (χ0) is 10.6. The zero-order valence-corrected chi connectivity index (χ0v) is 9.80. The van der Waals surface area contributed by atoms with Crippen LogP contribution >= 0.6 is 11.3 Å². The van der Waals surface area contributed by atoms with Crippen molar-refractivity contribution in [1.82, 2.24) is 0 Å². The monoisotopic (exact) mass is 211 g/mol. The number of carbonyl (C=O) groups is 1. The first kappa shape index (κ1) is 11.2. The van der Waals surface area contributed by atoms with Crippen molar-refractivity contribution in [2.75, 3.05) is 18.5 Å². The van der Waals surface area contributed by atoms with Crippen LogP contribution in [0.2, 0.25) is 0 Å². The number of hydrogen-bond donors (Lipinski definition) is 0. The number of rotatable bonds is 5. The Morgan fingerprint density at radius 1 is 1.57 bits per heavy atom. The van der Waals surface area contributed by atoms with Gasteiger partial charge in [-0.05, 0) is 18.4 Å². The number of hydrogen-bond acceptors (Lipinski definition) is 3. The zero-order valence-electron chi connectivity index (χ0n) is 8.99. The van der Waals surface area contributed by atoms with E-state index in [2.05, 4.69) is 25.8 Å². The van der Waals surface area contributed by atoms with E-state index in [0.29, 0.717) is 0 Å². The van der Waals surface area contributed by atoms with Crippen molar-refractivity contribution in [2.45, 2.75) is 20.3 Å². The van der Waals surface area contributed by atoms with Crippen LogP contribution in [0.3, 0.4) is 0 Å². The highest BCUT2D eigenvalue weighted by molar-refractivity contribution is 7.12. The van der Waals surface area contributed by atoms with Gasteiger partial charge in [0.05, 0.1) is 4.88 Å². The van der Waals surface area contributed by atoms with E-state index in [0.717, 1.165) is 29.3 Å². The molecular weight excluding hydrogens is 194 g/mol. The van der Waals surface area contributed by atoms with Gasteiger partial charge in [-0.25, -0.2) is 0 Å². The predicted octanol–water partition coefficient (Wildman–Crippen LogP) is 3.04. The molecule has 78 valence electrons. The molecule has 0 bridgehead atoms. The van der Waals surface area contributed by atoms with Crippen molar-refractivity contribution < 1.29 is 4.79 Å². The fraction of sp³-hybridized carbons (Fsp3) is 0.545. The van der Waals surface area contributed by atoms with E-state index in [9.17, 15) is 4.79 Å². The predicted molar refractivity (Wildman–Crippen MR) is 62.4 cm³/mol. The summed E-state index contributed by atoms with van der Waals surface area (Å²) in [6.45, 7) is 5.49. The smallest absolute Gasteiger partial charge is 0.160 e. The number of nitrogens with zero attached hydrogens (tertiary/aromatic N) is 1. The van der Waals surface area contributed by atoms with Gasteiger partial charge in [-0.15, -0.1) is 11.3 Å². The Hall–Kier alpha value is -0.830. The van der Waals surface area contributed by atoms with Crippen LogP contribution in [-0.4, -0.2) is 19.9 Å². The molecule has 3 heteroatoms. The number of aldehydes is 1. The van der Waals surface area contributed by atoms with E-state index in [4.69, 9.17) is 0 Å². The molecule has 0 radical (unpaired) electrons. The van der Waals surface area contributed by atoms with Gasteiger partial charge in [0.1, 0.15) is 0 Å². The Labute approximate surface area is 89.5 Å². The van der Waals surface area contributed by atoms with Crippen LogP contribution < -0.4 is 4.90 Å². The lowest BCUT2D eigenvalue weighted by atomic mass is 10.1. The fourth-order valence-electron chi connectivity index (χ4n) is 1.19. The molecule has 0 atom stereocenters. The maximum atomic E-state index is 10.5. The number of thiophene rings is 1. The van der Waals surface area contributed by atoms with Crippen molar-refractivity contribution in [3.63, 3.8) is 0 Å². The summed E-state index contributed by atoms with van der Waals surface area (Å²) >= 11 is 1.50. The minimum absolute atomic E-state index is 0.724.